The zero-order chi connectivity index (χ0) is 30.6. The molecule has 12 heteroatoms. The number of nitrogens with zero attached hydrogens (tertiary/aromatic N) is 1. The zero-order valence-corrected chi connectivity index (χ0v) is 24.4. The molecule has 2 aromatic carbocycles. The van der Waals surface area contributed by atoms with E-state index in [4.69, 9.17) is 4.74 Å². The molecule has 0 saturated heterocycles. The number of alkyl carbamates (subject to hydrolysis) is 1. The molecule has 4 amide bonds. The van der Waals surface area contributed by atoms with Gasteiger partial charge in [-0.15, -0.1) is 0 Å². The number of hydrogen-bond donors (Lipinski definition) is 6. The van der Waals surface area contributed by atoms with Gasteiger partial charge in [-0.3, -0.25) is 4.79 Å². The van der Waals surface area contributed by atoms with Crippen molar-refractivity contribution in [3.05, 3.63) is 65.5 Å². The van der Waals surface area contributed by atoms with E-state index in [0.717, 1.165) is 55.4 Å². The van der Waals surface area contributed by atoms with Gasteiger partial charge < -0.3 is 36.1 Å². The van der Waals surface area contributed by atoms with Gasteiger partial charge >= 0.3 is 18.1 Å². The van der Waals surface area contributed by atoms with Crippen LogP contribution in [0.25, 0.3) is 11.0 Å². The molecule has 1 saturated carbocycles. The summed E-state index contributed by atoms with van der Waals surface area (Å²) in [5.74, 6) is -0.316. The number of hydrogen-bond acceptors (Lipinski definition) is 6. The molecular formula is C31H40N6O6. The predicted molar refractivity (Wildman–Crippen MR) is 161 cm³/mol. The van der Waals surface area contributed by atoms with Gasteiger partial charge in [0.1, 0.15) is 11.9 Å². The van der Waals surface area contributed by atoms with Crippen LogP contribution in [0.3, 0.4) is 0 Å². The van der Waals surface area contributed by atoms with Crippen LogP contribution in [-0.2, 0) is 22.5 Å². The average molecular weight is 593 g/mol. The van der Waals surface area contributed by atoms with Crippen LogP contribution in [0.15, 0.2) is 48.5 Å². The molecule has 3 aromatic rings. The molecule has 1 aromatic heterocycles. The summed E-state index contributed by atoms with van der Waals surface area (Å²) in [5, 5.41) is 20.1. The van der Waals surface area contributed by atoms with Gasteiger partial charge in [-0.25, -0.2) is 19.4 Å². The van der Waals surface area contributed by atoms with Crippen molar-refractivity contribution in [2.75, 3.05) is 13.2 Å². The Morgan fingerprint density at radius 1 is 1.02 bits per heavy atom. The third-order valence-corrected chi connectivity index (χ3v) is 7.59. The minimum atomic E-state index is -1.36. The number of para-hydroxylation sites is 2. The van der Waals surface area contributed by atoms with Gasteiger partial charge in [0.2, 0.25) is 0 Å². The molecular weight excluding hydrogens is 552 g/mol. The number of ether oxygens (including phenoxy) is 1. The van der Waals surface area contributed by atoms with Gasteiger partial charge in [0.25, 0.3) is 5.91 Å². The lowest BCUT2D eigenvalue weighted by atomic mass is 9.84. The van der Waals surface area contributed by atoms with Gasteiger partial charge in [0.15, 0.2) is 0 Å². The second-order valence-corrected chi connectivity index (χ2v) is 10.8. The van der Waals surface area contributed by atoms with Gasteiger partial charge in [0, 0.05) is 31.1 Å². The summed E-state index contributed by atoms with van der Waals surface area (Å²) in [5.41, 5.74) is 2.89. The molecule has 1 fully saturated rings. The molecule has 1 aliphatic rings. The van der Waals surface area contributed by atoms with E-state index in [2.05, 4.69) is 31.2 Å². The van der Waals surface area contributed by atoms with E-state index in [1.807, 2.05) is 31.2 Å². The van der Waals surface area contributed by atoms with E-state index < -0.39 is 24.0 Å². The van der Waals surface area contributed by atoms with Crippen molar-refractivity contribution in [3.63, 3.8) is 0 Å². The molecule has 6 N–H and O–H groups in total. The topological polar surface area (TPSA) is 175 Å². The van der Waals surface area contributed by atoms with E-state index in [-0.39, 0.29) is 31.8 Å². The summed E-state index contributed by atoms with van der Waals surface area (Å²) in [6, 6.07) is 13.1. The summed E-state index contributed by atoms with van der Waals surface area (Å²) in [4.78, 5) is 57.1. The Bertz CT molecular complexity index is 1370. The molecule has 0 radical (unpaired) electrons. The highest BCUT2D eigenvalue weighted by atomic mass is 16.5. The minimum absolute atomic E-state index is 0.0691. The Morgan fingerprint density at radius 2 is 1.77 bits per heavy atom. The fourth-order valence-corrected chi connectivity index (χ4v) is 5.18. The van der Waals surface area contributed by atoms with Crippen molar-refractivity contribution < 1.29 is 29.0 Å². The monoisotopic (exact) mass is 592 g/mol. The number of carbonyl (C=O) groups excluding carboxylic acids is 3. The molecule has 1 heterocycles. The molecule has 43 heavy (non-hydrogen) atoms. The van der Waals surface area contributed by atoms with Crippen molar-refractivity contribution in [2.45, 2.75) is 70.5 Å². The Morgan fingerprint density at radius 3 is 2.51 bits per heavy atom. The van der Waals surface area contributed by atoms with Crippen LogP contribution < -0.4 is 21.3 Å². The number of rotatable bonds is 13. The summed E-state index contributed by atoms with van der Waals surface area (Å²) in [6.45, 7) is 1.90. The van der Waals surface area contributed by atoms with Crippen LogP contribution in [-0.4, -0.2) is 64.3 Å². The van der Waals surface area contributed by atoms with Crippen LogP contribution in [0, 0.1) is 5.92 Å². The lowest BCUT2D eigenvalue weighted by Crippen LogP contribution is -2.48. The quantitative estimate of drug-likeness (QED) is 0.163. The number of fused-ring (bicyclic) bond motifs is 1. The van der Waals surface area contributed by atoms with Crippen LogP contribution in [0.2, 0.25) is 0 Å². The fraction of sp³-hybridized carbons (Fsp3) is 0.452. The number of nitrogens with one attached hydrogen (secondary N) is 5. The third kappa shape index (κ3) is 9.45. The van der Waals surface area contributed by atoms with Crippen LogP contribution >= 0.6 is 0 Å². The summed E-state index contributed by atoms with van der Waals surface area (Å²) >= 11 is 0. The first-order valence-electron chi connectivity index (χ1n) is 14.8. The number of unbranched alkanes of at least 4 members (excludes halogenated alkanes) is 1. The van der Waals surface area contributed by atoms with Crippen molar-refractivity contribution >= 4 is 35.0 Å². The summed E-state index contributed by atoms with van der Waals surface area (Å²) < 4.78 is 4.95. The lowest BCUT2D eigenvalue weighted by Gasteiger charge is -2.28. The number of benzene rings is 2. The SMILES string of the molecule is CCCCOC(=O)NC(CNC(=O)c1ccccc1CNC(=O)NC1CCC(Cc2nc3ccccc3[nH]2)CC1)C(=O)O. The van der Waals surface area contributed by atoms with Gasteiger partial charge in [-0.05, 0) is 61.8 Å². The first-order chi connectivity index (χ1) is 20.8. The molecule has 230 valence electrons. The summed E-state index contributed by atoms with van der Waals surface area (Å²) in [6.07, 6.45) is 5.26. The Balaban J connectivity index is 1.20. The first kappa shape index (κ1) is 31.3. The minimum Gasteiger partial charge on any atom is -0.480 e. The number of carboxylic acid groups (broad SMARTS) is 1. The lowest BCUT2D eigenvalue weighted by molar-refractivity contribution is -0.139. The Hall–Kier alpha value is -4.61. The van der Waals surface area contributed by atoms with Crippen molar-refractivity contribution in [1.29, 1.82) is 0 Å². The first-order valence-corrected chi connectivity index (χ1v) is 14.8. The smallest absolute Gasteiger partial charge is 0.407 e. The van der Waals surface area contributed by atoms with E-state index in [1.165, 1.54) is 0 Å². The van der Waals surface area contributed by atoms with E-state index in [1.54, 1.807) is 24.3 Å². The largest absolute Gasteiger partial charge is 0.480 e. The zero-order valence-electron chi connectivity index (χ0n) is 24.4. The highest BCUT2D eigenvalue weighted by molar-refractivity contribution is 5.96. The maximum Gasteiger partial charge on any atom is 0.407 e. The fourth-order valence-electron chi connectivity index (χ4n) is 5.18. The highest BCUT2D eigenvalue weighted by Gasteiger charge is 2.25. The second kappa shape index (κ2) is 15.6. The standard InChI is InChI=1S/C31H40N6O6/c1-2-3-16-43-31(42)37-26(29(39)40)19-32-28(38)23-9-5-4-8-21(23)18-33-30(41)34-22-14-12-20(13-15-22)17-27-35-24-10-6-7-11-25(24)36-27/h4-11,20,22,26H,2-3,12-19H2,1H3,(H,32,38)(H,35,36)(H,37,42)(H,39,40)(H2,33,34,41). The molecule has 0 spiro atoms. The number of aromatic nitrogens is 2. The normalized spacial score (nSPS) is 17.0. The van der Waals surface area contributed by atoms with Crippen molar-refractivity contribution in [3.8, 4) is 0 Å². The summed E-state index contributed by atoms with van der Waals surface area (Å²) in [7, 11) is 0. The van der Waals surface area contributed by atoms with Crippen molar-refractivity contribution in [1.82, 2.24) is 31.2 Å². The van der Waals surface area contributed by atoms with Crippen LogP contribution in [0.4, 0.5) is 9.59 Å². The molecule has 1 unspecified atom stereocenters. The number of aromatic amines is 1. The maximum absolute atomic E-state index is 12.9. The van der Waals surface area contributed by atoms with E-state index in [9.17, 15) is 24.3 Å². The number of aliphatic carboxylic acids is 1. The maximum atomic E-state index is 12.9. The number of urea groups is 1. The molecule has 1 atom stereocenters. The number of H-pyrrole nitrogens is 1. The third-order valence-electron chi connectivity index (χ3n) is 7.59. The van der Waals surface area contributed by atoms with Crippen LogP contribution in [0.1, 0.15) is 67.2 Å². The van der Waals surface area contributed by atoms with Crippen molar-refractivity contribution in [2.24, 2.45) is 5.92 Å². The highest BCUT2D eigenvalue weighted by Crippen LogP contribution is 2.27. The molecule has 1 aliphatic carbocycles. The van der Waals surface area contributed by atoms with E-state index in [0.29, 0.717) is 23.5 Å². The average Bonchev–Trinajstić information content (AvgIpc) is 3.41. The van der Waals surface area contributed by atoms with Gasteiger partial charge in [0.05, 0.1) is 17.6 Å². The van der Waals surface area contributed by atoms with E-state index >= 15 is 0 Å². The second-order valence-electron chi connectivity index (χ2n) is 10.8. The molecule has 0 bridgehead atoms. The molecule has 0 aliphatic heterocycles. The predicted octanol–water partition coefficient (Wildman–Crippen LogP) is 3.87. The number of imidazole rings is 1. The Labute approximate surface area is 250 Å². The molecule has 4 rings (SSSR count). The Kier molecular flexibility index (Phi) is 11.3. The number of carboxylic acids is 1. The number of carbonyl (C=O) groups is 4. The van der Waals surface area contributed by atoms with Gasteiger partial charge in [-0.1, -0.05) is 43.7 Å². The van der Waals surface area contributed by atoms with Gasteiger partial charge in [-0.2, -0.15) is 0 Å². The molecule has 12 nitrogen and oxygen atoms in total. The van der Waals surface area contributed by atoms with Crippen LogP contribution in [0.5, 0.6) is 0 Å². The number of amides is 4.